The van der Waals surface area contributed by atoms with E-state index in [0.717, 1.165) is 11.1 Å². The number of aromatic nitrogens is 6. The maximum atomic E-state index is 12.9. The number of amides is 3. The van der Waals surface area contributed by atoms with Gasteiger partial charge in [-0.1, -0.05) is 6.07 Å². The van der Waals surface area contributed by atoms with Crippen LogP contribution < -0.4 is 5.32 Å². The molecule has 1 aliphatic rings. The number of nitrogens with zero attached hydrogens (tertiary/aromatic N) is 8. The Kier molecular flexibility index (Phi) is 6.29. The van der Waals surface area contributed by atoms with Crippen molar-refractivity contribution in [1.29, 1.82) is 0 Å². The number of carbonyl (C=O) groups is 2. The molecule has 0 aromatic carbocycles. The highest BCUT2D eigenvalue weighted by Gasteiger charge is 2.24. The molecule has 11 heteroatoms. The molecule has 3 aromatic rings. The lowest BCUT2D eigenvalue weighted by Gasteiger charge is -2.32. The van der Waals surface area contributed by atoms with E-state index in [2.05, 4.69) is 30.8 Å². The number of carbonyl (C=O) groups excluding carboxylic acids is 2. The summed E-state index contributed by atoms with van der Waals surface area (Å²) >= 11 is 0. The SMILES string of the molecule is CCN(C)C(=O)N1CCc2cnc(C(=O)Nc3cccc(-c4nnnn4C(C)C)n3)cc2C1. The molecular weight excluding hydrogens is 422 g/mol. The molecule has 0 saturated heterocycles. The van der Waals surface area contributed by atoms with Gasteiger partial charge in [-0.25, -0.2) is 14.5 Å². The van der Waals surface area contributed by atoms with Crippen molar-refractivity contribution < 1.29 is 9.59 Å². The molecule has 33 heavy (non-hydrogen) atoms. The topological polar surface area (TPSA) is 122 Å². The van der Waals surface area contributed by atoms with E-state index >= 15 is 0 Å². The minimum Gasteiger partial charge on any atom is -0.328 e. The molecule has 0 spiro atoms. The summed E-state index contributed by atoms with van der Waals surface area (Å²) in [6, 6.07) is 7.07. The van der Waals surface area contributed by atoms with E-state index in [4.69, 9.17) is 0 Å². The molecule has 1 aliphatic heterocycles. The van der Waals surface area contributed by atoms with Crippen molar-refractivity contribution in [3.8, 4) is 11.5 Å². The van der Waals surface area contributed by atoms with Crippen LogP contribution in [0, 0.1) is 0 Å². The Morgan fingerprint density at radius 1 is 1.24 bits per heavy atom. The van der Waals surface area contributed by atoms with Crippen LogP contribution in [0.15, 0.2) is 30.5 Å². The van der Waals surface area contributed by atoms with Crippen LogP contribution in [0.4, 0.5) is 10.6 Å². The number of rotatable bonds is 5. The van der Waals surface area contributed by atoms with Crippen molar-refractivity contribution in [1.82, 2.24) is 40.0 Å². The van der Waals surface area contributed by atoms with Gasteiger partial charge in [0.05, 0.1) is 6.04 Å². The zero-order chi connectivity index (χ0) is 23.5. The Morgan fingerprint density at radius 2 is 2.06 bits per heavy atom. The minimum atomic E-state index is -0.375. The van der Waals surface area contributed by atoms with Gasteiger partial charge in [0, 0.05) is 32.9 Å². The fourth-order valence-corrected chi connectivity index (χ4v) is 3.62. The molecule has 0 radical (unpaired) electrons. The second kappa shape index (κ2) is 9.31. The monoisotopic (exact) mass is 449 g/mol. The first-order valence-corrected chi connectivity index (χ1v) is 10.9. The van der Waals surface area contributed by atoms with E-state index in [0.29, 0.717) is 43.4 Å². The fourth-order valence-electron chi connectivity index (χ4n) is 3.62. The van der Waals surface area contributed by atoms with Gasteiger partial charge in [0.1, 0.15) is 17.2 Å². The third kappa shape index (κ3) is 4.66. The largest absolute Gasteiger partial charge is 0.328 e. The average Bonchev–Trinajstić information content (AvgIpc) is 3.33. The van der Waals surface area contributed by atoms with Gasteiger partial charge in [-0.2, -0.15) is 0 Å². The Bertz CT molecular complexity index is 1170. The number of hydrogen-bond acceptors (Lipinski definition) is 7. The molecular formula is C22H27N9O2. The van der Waals surface area contributed by atoms with Crippen molar-refractivity contribution in [2.45, 2.75) is 39.8 Å². The molecule has 0 saturated carbocycles. The van der Waals surface area contributed by atoms with Crippen molar-refractivity contribution in [3.63, 3.8) is 0 Å². The molecule has 0 aliphatic carbocycles. The van der Waals surface area contributed by atoms with E-state index in [9.17, 15) is 9.59 Å². The lowest BCUT2D eigenvalue weighted by molar-refractivity contribution is 0.102. The van der Waals surface area contributed by atoms with Crippen LogP contribution >= 0.6 is 0 Å². The first-order valence-electron chi connectivity index (χ1n) is 10.9. The summed E-state index contributed by atoms with van der Waals surface area (Å²) < 4.78 is 1.67. The molecule has 3 aromatic heterocycles. The van der Waals surface area contributed by atoms with E-state index in [-0.39, 0.29) is 23.7 Å². The Hall–Kier alpha value is -3.89. The van der Waals surface area contributed by atoms with Gasteiger partial charge in [0.25, 0.3) is 5.91 Å². The predicted octanol–water partition coefficient (Wildman–Crippen LogP) is 2.39. The summed E-state index contributed by atoms with van der Waals surface area (Å²) in [5, 5.41) is 14.6. The quantitative estimate of drug-likeness (QED) is 0.634. The summed E-state index contributed by atoms with van der Waals surface area (Å²) in [5.41, 5.74) is 2.80. The van der Waals surface area contributed by atoms with Gasteiger partial charge in [0.15, 0.2) is 0 Å². The van der Waals surface area contributed by atoms with Crippen LogP contribution in [0.25, 0.3) is 11.5 Å². The van der Waals surface area contributed by atoms with E-state index in [1.807, 2.05) is 20.8 Å². The zero-order valence-electron chi connectivity index (χ0n) is 19.2. The second-order valence-corrected chi connectivity index (χ2v) is 8.21. The molecule has 0 unspecified atom stereocenters. The van der Waals surface area contributed by atoms with Crippen molar-refractivity contribution >= 4 is 17.8 Å². The molecule has 172 valence electrons. The van der Waals surface area contributed by atoms with Gasteiger partial charge >= 0.3 is 6.03 Å². The number of nitrogens with one attached hydrogen (secondary N) is 1. The highest BCUT2D eigenvalue weighted by atomic mass is 16.2. The van der Waals surface area contributed by atoms with Crippen molar-refractivity contribution in [3.05, 3.63) is 47.3 Å². The summed E-state index contributed by atoms with van der Waals surface area (Å²) in [4.78, 5) is 37.7. The predicted molar refractivity (Wildman–Crippen MR) is 121 cm³/mol. The third-order valence-electron chi connectivity index (χ3n) is 5.60. The summed E-state index contributed by atoms with van der Waals surface area (Å²) in [5.74, 6) is 0.520. The zero-order valence-corrected chi connectivity index (χ0v) is 19.2. The summed E-state index contributed by atoms with van der Waals surface area (Å²) in [6.07, 6.45) is 2.43. The minimum absolute atomic E-state index is 0.0179. The number of fused-ring (bicyclic) bond motifs is 1. The average molecular weight is 450 g/mol. The number of pyridine rings is 2. The number of hydrogen-bond donors (Lipinski definition) is 1. The van der Waals surface area contributed by atoms with Crippen molar-refractivity contribution in [2.75, 3.05) is 25.5 Å². The molecule has 4 heterocycles. The van der Waals surface area contributed by atoms with Crippen LogP contribution in [-0.2, 0) is 13.0 Å². The first-order chi connectivity index (χ1) is 15.9. The molecule has 0 fully saturated rings. The summed E-state index contributed by atoms with van der Waals surface area (Å²) in [6.45, 7) is 7.61. The normalized spacial score (nSPS) is 13.1. The van der Waals surface area contributed by atoms with E-state index in [1.54, 1.807) is 52.0 Å². The van der Waals surface area contributed by atoms with Crippen LogP contribution in [0.3, 0.4) is 0 Å². The van der Waals surface area contributed by atoms with Gasteiger partial charge in [-0.15, -0.1) is 5.10 Å². The van der Waals surface area contributed by atoms with Crippen LogP contribution in [0.1, 0.15) is 48.4 Å². The maximum absolute atomic E-state index is 12.9. The third-order valence-corrected chi connectivity index (χ3v) is 5.60. The number of urea groups is 1. The Balaban J connectivity index is 1.51. The Morgan fingerprint density at radius 3 is 2.82 bits per heavy atom. The number of tetrazole rings is 1. The lowest BCUT2D eigenvalue weighted by atomic mass is 10.0. The molecule has 11 nitrogen and oxygen atoms in total. The van der Waals surface area contributed by atoms with Crippen molar-refractivity contribution in [2.24, 2.45) is 0 Å². The van der Waals surface area contributed by atoms with Crippen LogP contribution in [0.2, 0.25) is 0 Å². The van der Waals surface area contributed by atoms with Crippen LogP contribution in [0.5, 0.6) is 0 Å². The van der Waals surface area contributed by atoms with E-state index in [1.165, 1.54) is 0 Å². The molecule has 0 bridgehead atoms. The highest BCUT2D eigenvalue weighted by molar-refractivity contribution is 6.02. The first kappa shape index (κ1) is 22.3. The molecule has 4 rings (SSSR count). The van der Waals surface area contributed by atoms with Crippen LogP contribution in [-0.4, -0.2) is 72.1 Å². The lowest BCUT2D eigenvalue weighted by Crippen LogP contribution is -2.43. The van der Waals surface area contributed by atoms with Gasteiger partial charge in [0.2, 0.25) is 5.82 Å². The van der Waals surface area contributed by atoms with Gasteiger partial charge < -0.3 is 15.1 Å². The smallest absolute Gasteiger partial charge is 0.320 e. The molecule has 3 amide bonds. The standard InChI is InChI=1S/C22H27N9O2/c1-5-29(4)22(33)30-10-9-15-12-23-18(11-16(15)13-30)21(32)25-19-8-6-7-17(24-19)20-26-27-28-31(20)14(2)3/h6-8,11-12,14H,5,9-10,13H2,1-4H3,(H,24,25,32). The number of anilines is 1. The second-order valence-electron chi connectivity index (χ2n) is 8.21. The Labute approximate surface area is 191 Å². The highest BCUT2D eigenvalue weighted by Crippen LogP contribution is 2.22. The van der Waals surface area contributed by atoms with Gasteiger partial charge in [-0.05, 0) is 66.9 Å². The maximum Gasteiger partial charge on any atom is 0.320 e. The molecule has 1 N–H and O–H groups in total. The molecule has 0 atom stereocenters. The fraction of sp³-hybridized carbons (Fsp3) is 0.409. The van der Waals surface area contributed by atoms with E-state index < -0.39 is 0 Å². The van der Waals surface area contributed by atoms with Gasteiger partial charge in [-0.3, -0.25) is 9.78 Å². The summed E-state index contributed by atoms with van der Waals surface area (Å²) in [7, 11) is 1.78.